The molecule has 6 nitrogen and oxygen atoms in total. The van der Waals surface area contributed by atoms with Crippen LogP contribution in [0.1, 0.15) is 18.2 Å². The molecule has 1 unspecified atom stereocenters. The Kier molecular flexibility index (Phi) is 4.12. The summed E-state index contributed by atoms with van der Waals surface area (Å²) < 4.78 is 23.6. The van der Waals surface area contributed by atoms with E-state index in [0.29, 0.717) is 23.9 Å². The third-order valence-corrected chi connectivity index (χ3v) is 4.40. The molecule has 1 saturated heterocycles. The molecule has 2 aromatic carbocycles. The molecule has 0 aliphatic carbocycles. The second kappa shape index (κ2) is 6.59. The Morgan fingerprint density at radius 1 is 1.15 bits per heavy atom. The zero-order chi connectivity index (χ0) is 18.1. The normalized spacial score (nSPS) is 16.9. The molecule has 1 fully saturated rings. The fourth-order valence-corrected chi connectivity index (χ4v) is 3.00. The minimum absolute atomic E-state index is 0.0502. The van der Waals surface area contributed by atoms with Crippen LogP contribution in [0.2, 0.25) is 0 Å². The SMILES string of the molecule is COc1ccc(-c2noc(C3CC(=O)N(c4ccc(F)cc4)C3)n2)cc1. The van der Waals surface area contributed by atoms with Gasteiger partial charge in [-0.05, 0) is 48.5 Å². The maximum atomic E-state index is 13.1. The molecule has 4 rings (SSSR count). The standard InChI is InChI=1S/C19H16FN3O3/c1-25-16-8-2-12(3-9-16)18-21-19(26-22-18)13-10-17(24)23(11-13)15-6-4-14(20)5-7-15/h2-9,13H,10-11H2,1H3. The summed E-state index contributed by atoms with van der Waals surface area (Å²) in [6.07, 6.45) is 0.279. The van der Waals surface area contributed by atoms with Crippen LogP contribution in [0.25, 0.3) is 11.4 Å². The van der Waals surface area contributed by atoms with Gasteiger partial charge in [0.05, 0.1) is 13.0 Å². The van der Waals surface area contributed by atoms with Crippen molar-refractivity contribution in [2.24, 2.45) is 0 Å². The van der Waals surface area contributed by atoms with Crippen LogP contribution < -0.4 is 9.64 Å². The predicted octanol–water partition coefficient (Wildman–Crippen LogP) is 3.40. The van der Waals surface area contributed by atoms with Crippen LogP contribution in [0.15, 0.2) is 53.1 Å². The summed E-state index contributed by atoms with van der Waals surface area (Å²) in [6.45, 7) is 0.425. The van der Waals surface area contributed by atoms with Crippen molar-refractivity contribution < 1.29 is 18.4 Å². The Bertz CT molecular complexity index is 922. The molecule has 1 atom stereocenters. The molecule has 1 aliphatic rings. The fraction of sp³-hybridized carbons (Fsp3) is 0.211. The molecule has 132 valence electrons. The van der Waals surface area contributed by atoms with Crippen molar-refractivity contribution >= 4 is 11.6 Å². The van der Waals surface area contributed by atoms with Gasteiger partial charge >= 0.3 is 0 Å². The van der Waals surface area contributed by atoms with Gasteiger partial charge in [0.15, 0.2) is 0 Å². The first-order valence-corrected chi connectivity index (χ1v) is 8.18. The number of aromatic nitrogens is 2. The molecular weight excluding hydrogens is 337 g/mol. The number of rotatable bonds is 4. The average Bonchev–Trinajstić information content (AvgIpc) is 3.29. The highest BCUT2D eigenvalue weighted by Crippen LogP contribution is 2.32. The monoisotopic (exact) mass is 353 g/mol. The molecule has 7 heteroatoms. The first-order chi connectivity index (χ1) is 12.6. The maximum Gasteiger partial charge on any atom is 0.232 e. The summed E-state index contributed by atoms with van der Waals surface area (Å²) in [5, 5.41) is 4.01. The molecule has 26 heavy (non-hydrogen) atoms. The first-order valence-electron chi connectivity index (χ1n) is 8.18. The molecule has 1 aliphatic heterocycles. The third kappa shape index (κ3) is 3.03. The van der Waals surface area contributed by atoms with E-state index in [9.17, 15) is 9.18 Å². The Balaban J connectivity index is 1.52. The van der Waals surface area contributed by atoms with Gasteiger partial charge in [-0.1, -0.05) is 5.16 Å². The lowest BCUT2D eigenvalue weighted by atomic mass is 10.1. The molecule has 0 N–H and O–H groups in total. The second-order valence-electron chi connectivity index (χ2n) is 6.07. The van der Waals surface area contributed by atoms with Crippen LogP contribution >= 0.6 is 0 Å². The van der Waals surface area contributed by atoms with Crippen molar-refractivity contribution in [1.29, 1.82) is 0 Å². The zero-order valence-electron chi connectivity index (χ0n) is 14.1. The van der Waals surface area contributed by atoms with Crippen molar-refractivity contribution in [2.45, 2.75) is 12.3 Å². The lowest BCUT2D eigenvalue weighted by Gasteiger charge is -2.15. The van der Waals surface area contributed by atoms with Gasteiger partial charge in [-0.15, -0.1) is 0 Å². The number of methoxy groups -OCH3 is 1. The summed E-state index contributed by atoms with van der Waals surface area (Å²) in [5.41, 5.74) is 1.47. The number of anilines is 1. The number of halogens is 1. The fourth-order valence-electron chi connectivity index (χ4n) is 3.00. The number of carbonyl (C=O) groups is 1. The Morgan fingerprint density at radius 3 is 2.58 bits per heavy atom. The van der Waals surface area contributed by atoms with Gasteiger partial charge < -0.3 is 14.2 Å². The summed E-state index contributed by atoms with van der Waals surface area (Å²) in [7, 11) is 1.60. The number of ether oxygens (including phenoxy) is 1. The van der Waals surface area contributed by atoms with E-state index in [2.05, 4.69) is 10.1 Å². The Morgan fingerprint density at radius 2 is 1.88 bits per heavy atom. The molecule has 0 spiro atoms. The largest absolute Gasteiger partial charge is 0.497 e. The number of hydrogen-bond donors (Lipinski definition) is 0. The highest BCUT2D eigenvalue weighted by Gasteiger charge is 2.35. The quantitative estimate of drug-likeness (QED) is 0.719. The first kappa shape index (κ1) is 16.3. The second-order valence-corrected chi connectivity index (χ2v) is 6.07. The Hall–Kier alpha value is -3.22. The number of nitrogens with zero attached hydrogens (tertiary/aromatic N) is 3. The zero-order valence-corrected chi connectivity index (χ0v) is 14.1. The predicted molar refractivity (Wildman–Crippen MR) is 92.4 cm³/mol. The van der Waals surface area contributed by atoms with Gasteiger partial charge in [0.2, 0.25) is 17.6 Å². The van der Waals surface area contributed by atoms with Gasteiger partial charge in [0.25, 0.3) is 0 Å². The van der Waals surface area contributed by atoms with E-state index >= 15 is 0 Å². The lowest BCUT2D eigenvalue weighted by molar-refractivity contribution is -0.117. The van der Waals surface area contributed by atoms with Crippen LogP contribution in [0, 0.1) is 5.82 Å². The number of benzene rings is 2. The smallest absolute Gasteiger partial charge is 0.232 e. The van der Waals surface area contributed by atoms with Gasteiger partial charge in [-0.3, -0.25) is 4.79 Å². The molecule has 2 heterocycles. The molecule has 3 aromatic rings. The van der Waals surface area contributed by atoms with Crippen LogP contribution in [0.5, 0.6) is 5.75 Å². The van der Waals surface area contributed by atoms with Crippen LogP contribution in [-0.2, 0) is 4.79 Å². The van der Waals surface area contributed by atoms with E-state index in [4.69, 9.17) is 9.26 Å². The van der Waals surface area contributed by atoms with Crippen LogP contribution in [0.4, 0.5) is 10.1 Å². The summed E-state index contributed by atoms with van der Waals surface area (Å²) in [5.74, 6) is 1.06. The third-order valence-electron chi connectivity index (χ3n) is 4.40. The molecule has 1 amide bonds. The Labute approximate surface area is 149 Å². The van der Waals surface area contributed by atoms with E-state index in [1.54, 1.807) is 24.1 Å². The van der Waals surface area contributed by atoms with Crippen molar-refractivity contribution in [2.75, 3.05) is 18.6 Å². The summed E-state index contributed by atoms with van der Waals surface area (Å²) >= 11 is 0. The molecule has 1 aromatic heterocycles. The van der Waals surface area contributed by atoms with E-state index in [0.717, 1.165) is 11.3 Å². The lowest BCUT2D eigenvalue weighted by Crippen LogP contribution is -2.24. The van der Waals surface area contributed by atoms with Gasteiger partial charge in [0.1, 0.15) is 11.6 Å². The van der Waals surface area contributed by atoms with Crippen molar-refractivity contribution in [3.63, 3.8) is 0 Å². The van der Waals surface area contributed by atoms with Gasteiger partial charge in [-0.25, -0.2) is 4.39 Å². The van der Waals surface area contributed by atoms with Gasteiger partial charge in [-0.2, -0.15) is 4.98 Å². The van der Waals surface area contributed by atoms with Crippen molar-refractivity contribution in [3.8, 4) is 17.1 Å². The van der Waals surface area contributed by atoms with E-state index in [1.165, 1.54) is 12.1 Å². The minimum Gasteiger partial charge on any atom is -0.497 e. The molecular formula is C19H16FN3O3. The molecule has 0 radical (unpaired) electrons. The molecule has 0 bridgehead atoms. The maximum absolute atomic E-state index is 13.1. The minimum atomic E-state index is -0.335. The van der Waals surface area contributed by atoms with Crippen LogP contribution in [-0.4, -0.2) is 29.7 Å². The van der Waals surface area contributed by atoms with Crippen molar-refractivity contribution in [1.82, 2.24) is 10.1 Å². The van der Waals surface area contributed by atoms with Crippen molar-refractivity contribution in [3.05, 3.63) is 60.2 Å². The highest BCUT2D eigenvalue weighted by molar-refractivity contribution is 5.96. The molecule has 0 saturated carbocycles. The number of carbonyl (C=O) groups excluding carboxylic acids is 1. The highest BCUT2D eigenvalue weighted by atomic mass is 19.1. The van der Waals surface area contributed by atoms with E-state index in [1.807, 2.05) is 24.3 Å². The van der Waals surface area contributed by atoms with E-state index < -0.39 is 0 Å². The summed E-state index contributed by atoms with van der Waals surface area (Å²) in [4.78, 5) is 18.4. The van der Waals surface area contributed by atoms with Gasteiger partial charge in [0, 0.05) is 24.2 Å². The topological polar surface area (TPSA) is 68.5 Å². The number of hydrogen-bond acceptors (Lipinski definition) is 5. The number of amides is 1. The van der Waals surface area contributed by atoms with E-state index in [-0.39, 0.29) is 24.1 Å². The average molecular weight is 353 g/mol. The van der Waals surface area contributed by atoms with Crippen LogP contribution in [0.3, 0.4) is 0 Å². The summed E-state index contributed by atoms with van der Waals surface area (Å²) in [6, 6.07) is 13.2.